The van der Waals surface area contributed by atoms with Gasteiger partial charge in [-0.1, -0.05) is 0 Å². The molecule has 0 saturated carbocycles. The lowest BCUT2D eigenvalue weighted by atomic mass is 9.91. The first-order valence-corrected chi connectivity index (χ1v) is 11.6. The number of hydrogen-bond donors (Lipinski definition) is 14. The summed E-state index contributed by atoms with van der Waals surface area (Å²) in [5, 5.41) is 120. The molecule has 0 rings (SSSR count). The van der Waals surface area contributed by atoms with Gasteiger partial charge in [0.1, 0.15) is 44.1 Å². The molecule has 0 heterocycles. The van der Waals surface area contributed by atoms with E-state index in [4.69, 9.17) is 90.6 Å². The number of aliphatic hydroxyl groups is 8. The summed E-state index contributed by atoms with van der Waals surface area (Å²) in [5.74, 6) is 0. The van der Waals surface area contributed by atoms with Crippen molar-refractivity contribution in [1.82, 2.24) is 14.7 Å². The average molecular weight is 620 g/mol. The largest absolute Gasteiger partial charge is 0.831 e. The molecule has 0 bridgehead atoms. The Morgan fingerprint density at radius 2 is 0.854 bits per heavy atom. The molecule has 254 valence electrons. The molecule has 0 spiro atoms. The fourth-order valence-electron chi connectivity index (χ4n) is 2.08. The summed E-state index contributed by atoms with van der Waals surface area (Å²) >= 11 is 0. The Bertz CT molecular complexity index is 547. The zero-order chi connectivity index (χ0) is 33.8. The van der Waals surface area contributed by atoms with Crippen LogP contribution < -0.4 is 49.7 Å². The molecule has 0 fully saturated rings. The van der Waals surface area contributed by atoms with Gasteiger partial charge in [0.15, 0.2) is 0 Å². The molecule has 0 aliphatic carbocycles. The van der Waals surface area contributed by atoms with Gasteiger partial charge >= 0.3 is 0 Å². The Morgan fingerprint density at radius 1 is 0.610 bits per heavy atom. The van der Waals surface area contributed by atoms with Gasteiger partial charge in [0, 0.05) is 12.6 Å². The minimum atomic E-state index is -3.07. The van der Waals surface area contributed by atoms with Crippen LogP contribution in [0.2, 0.25) is 0 Å². The van der Waals surface area contributed by atoms with Crippen LogP contribution in [0.15, 0.2) is 0 Å². The van der Waals surface area contributed by atoms with E-state index in [1.807, 2.05) is 0 Å². The second-order valence-corrected chi connectivity index (χ2v) is 8.68. The molecular weight excluding hydrogens is 566 g/mol. The van der Waals surface area contributed by atoms with Crippen molar-refractivity contribution in [2.75, 3.05) is 40.8 Å². The maximum absolute atomic E-state index is 10.5. The summed E-state index contributed by atoms with van der Waals surface area (Å²) in [6.07, 6.45) is -17.1. The van der Waals surface area contributed by atoms with Gasteiger partial charge in [-0.05, 0) is 33.9 Å². The predicted molar refractivity (Wildman–Crippen MR) is 137 cm³/mol. The lowest BCUT2D eigenvalue weighted by molar-refractivity contribution is -0.562. The Hall–Kier alpha value is -0.920. The first-order chi connectivity index (χ1) is 18.3. The minimum absolute atomic E-state index is 0.178. The highest BCUT2D eigenvalue weighted by atomic mass is 16.5. The Morgan fingerprint density at radius 3 is 0.951 bits per heavy atom. The van der Waals surface area contributed by atoms with Crippen molar-refractivity contribution in [2.24, 2.45) is 34.4 Å². The molecule has 26 N–H and O–H groups in total. The minimum Gasteiger partial charge on any atom is -0.831 e. The molecule has 0 radical (unpaired) electrons. The van der Waals surface area contributed by atoms with Crippen LogP contribution in [0.25, 0.3) is 0 Å². The van der Waals surface area contributed by atoms with Gasteiger partial charge in [-0.15, -0.1) is 0 Å². The fourth-order valence-corrected chi connectivity index (χ4v) is 2.08. The van der Waals surface area contributed by atoms with Gasteiger partial charge in [0.2, 0.25) is 0 Å². The molecule has 0 aromatic rings. The Labute approximate surface area is 236 Å². The first-order valence-electron chi connectivity index (χ1n) is 11.6. The van der Waals surface area contributed by atoms with Crippen molar-refractivity contribution in [3.63, 3.8) is 0 Å². The molecule has 0 aliphatic heterocycles. The summed E-state index contributed by atoms with van der Waals surface area (Å²) in [6.45, 7) is 0.535. The molecule has 0 aliphatic rings. The molecule has 0 saturated heterocycles. The second kappa shape index (κ2) is 24.5. The second-order valence-electron chi connectivity index (χ2n) is 8.68. The van der Waals surface area contributed by atoms with Crippen LogP contribution in [-0.2, 0) is 0 Å². The normalized spacial score (nSPS) is 18.4. The highest BCUT2D eigenvalue weighted by Crippen LogP contribution is 2.20. The Balaban J connectivity index is -0.000000228. The van der Waals surface area contributed by atoms with E-state index in [1.165, 1.54) is 14.7 Å². The van der Waals surface area contributed by atoms with E-state index in [9.17, 15) is 15.3 Å². The third-order valence-corrected chi connectivity index (χ3v) is 4.62. The van der Waals surface area contributed by atoms with Crippen LogP contribution in [-0.4, -0.2) is 180 Å². The maximum Gasteiger partial charge on any atom is 0.274 e. The summed E-state index contributed by atoms with van der Waals surface area (Å²) in [4.78, 5) is 4.45. The highest BCUT2D eigenvalue weighted by molar-refractivity contribution is 4.89. The monoisotopic (exact) mass is 619 g/mol. The third kappa shape index (κ3) is 27.7. The fraction of sp³-hybridized carbons (Fsp3) is 1.00. The summed E-state index contributed by atoms with van der Waals surface area (Å²) < 4.78 is 0. The van der Waals surface area contributed by atoms with Crippen molar-refractivity contribution < 1.29 is 71.5 Å². The van der Waals surface area contributed by atoms with Crippen LogP contribution in [0.3, 0.4) is 0 Å². The zero-order valence-corrected chi connectivity index (χ0v) is 23.2. The molecule has 0 aromatic carbocycles. The predicted octanol–water partition coefficient (Wildman–Crippen LogP) is -15.0. The lowest BCUT2D eigenvalue weighted by Crippen LogP contribution is -2.65. The molecule has 23 nitrogen and oxygen atoms in total. The van der Waals surface area contributed by atoms with E-state index < -0.39 is 74.7 Å². The van der Waals surface area contributed by atoms with Crippen LogP contribution in [0.4, 0.5) is 0 Å². The van der Waals surface area contributed by atoms with Crippen LogP contribution >= 0.6 is 0 Å². The van der Waals surface area contributed by atoms with E-state index in [-0.39, 0.29) is 19.6 Å². The van der Waals surface area contributed by atoms with Crippen molar-refractivity contribution in [1.29, 1.82) is 0 Å². The van der Waals surface area contributed by atoms with Crippen LogP contribution in [0.1, 0.15) is 6.42 Å². The maximum atomic E-state index is 10.5. The van der Waals surface area contributed by atoms with Gasteiger partial charge in [-0.25, -0.2) is 0 Å². The zero-order valence-electron chi connectivity index (χ0n) is 23.2. The SMILES string of the molecule is CN(CC(O)[OH2+])C(N)N.CN(CC(O)[OH2+])C(N)N.CN(CC(O)[OH2+])C(N)N.[O-]C(O)C(O)(C[C@H]([O-])O)C(O)[C@@H]([O-])O. The van der Waals surface area contributed by atoms with Crippen LogP contribution in [0, 0.1) is 0 Å². The molecule has 41 heavy (non-hydrogen) atoms. The van der Waals surface area contributed by atoms with Gasteiger partial charge in [0.05, 0.1) is 6.10 Å². The van der Waals surface area contributed by atoms with Crippen molar-refractivity contribution in [3.8, 4) is 0 Å². The summed E-state index contributed by atoms with van der Waals surface area (Å²) in [7, 11) is 4.92. The molecular formula is C18H53N9O14. The van der Waals surface area contributed by atoms with E-state index in [0.29, 0.717) is 0 Å². The number of rotatable bonds is 14. The van der Waals surface area contributed by atoms with Gasteiger partial charge in [-0.2, -0.15) is 0 Å². The first kappa shape index (κ1) is 47.0. The number of nitrogens with two attached hydrogens (primary N) is 6. The summed E-state index contributed by atoms with van der Waals surface area (Å²) in [5.41, 5.74) is 28.1. The Kier molecular flexibility index (Phi) is 28.1. The topological polar surface area (TPSA) is 466 Å². The molecule has 23 heteroatoms. The number of likely N-dealkylation sites (N-methyl/N-ethyl adjacent to an activating group) is 3. The lowest BCUT2D eigenvalue weighted by Gasteiger charge is -2.45. The molecule has 8 atom stereocenters. The summed E-state index contributed by atoms with van der Waals surface area (Å²) in [6, 6.07) is 0. The van der Waals surface area contributed by atoms with Gasteiger partial charge in [0.25, 0.3) is 18.9 Å². The standard InChI is InChI=1S/C6H11O8.3C4H13N3O2/c7-2(8)1-6(14,5(12)13)3(9)4(10)11;3*1-7(4(5)6)2-3(8)9/h2-5,7,9-10,12,14H,1H2;3*3-4,8-9H,2,5-6H2,1H3/q-3;;;/p+3/t2-,3?,4+,5?,6?;;;/m0.../s1. The smallest absolute Gasteiger partial charge is 0.274 e. The van der Waals surface area contributed by atoms with E-state index in [2.05, 4.69) is 0 Å². The number of hydrogen-bond acceptors (Lipinski definition) is 20. The molecule has 0 aromatic heterocycles. The van der Waals surface area contributed by atoms with Gasteiger partial charge < -0.3 is 106 Å². The van der Waals surface area contributed by atoms with Crippen LogP contribution in [0.5, 0.6) is 0 Å². The highest BCUT2D eigenvalue weighted by Gasteiger charge is 2.38. The van der Waals surface area contributed by atoms with Crippen molar-refractivity contribution in [2.45, 2.75) is 74.7 Å². The van der Waals surface area contributed by atoms with Crippen molar-refractivity contribution in [3.05, 3.63) is 0 Å². The molecule has 0 amide bonds. The van der Waals surface area contributed by atoms with Crippen molar-refractivity contribution >= 4 is 0 Å². The number of aliphatic hydroxyl groups excluding tert-OH is 7. The molecule has 6 unspecified atom stereocenters. The van der Waals surface area contributed by atoms with E-state index in [0.717, 1.165) is 0 Å². The van der Waals surface area contributed by atoms with E-state index in [1.54, 1.807) is 21.1 Å². The van der Waals surface area contributed by atoms with Gasteiger partial charge in [-0.3, -0.25) is 14.7 Å². The quantitative estimate of drug-likeness (QED) is 0.0633. The van der Waals surface area contributed by atoms with E-state index >= 15 is 0 Å². The third-order valence-electron chi connectivity index (χ3n) is 4.62. The number of nitrogens with zero attached hydrogens (tertiary/aromatic N) is 3. The average Bonchev–Trinajstić information content (AvgIpc) is 2.77.